The largest absolute Gasteiger partial charge is 0.382 e. The predicted octanol–water partition coefficient (Wildman–Crippen LogP) is 1.68. The first-order chi connectivity index (χ1) is 13.0. The molecule has 0 heterocycles. The number of hydroxylamine groups is 1. The quantitative estimate of drug-likeness (QED) is 0.339. The lowest BCUT2D eigenvalue weighted by atomic mass is 9.84. The van der Waals surface area contributed by atoms with Crippen molar-refractivity contribution in [1.29, 1.82) is 0 Å². The second-order valence-electron chi connectivity index (χ2n) is 8.32. The maximum absolute atomic E-state index is 12.8. The Morgan fingerprint density at radius 3 is 2.04 bits per heavy atom. The smallest absolute Gasteiger partial charge is 0.272 e. The fourth-order valence-electron chi connectivity index (χ4n) is 2.80. The number of aliphatic hydroxyl groups excluding tert-OH is 1. The lowest BCUT2D eigenvalue weighted by molar-refractivity contribution is -0.147. The molecular formula is C20H31N3O5. The number of aliphatic hydroxyl groups is 1. The Morgan fingerprint density at radius 1 is 1.00 bits per heavy atom. The summed E-state index contributed by atoms with van der Waals surface area (Å²) in [6.45, 7) is 9.09. The Kier molecular flexibility index (Phi) is 8.59. The van der Waals surface area contributed by atoms with Crippen molar-refractivity contribution in [3.8, 4) is 0 Å². The summed E-state index contributed by atoms with van der Waals surface area (Å²) in [6, 6.07) is 7.94. The number of rotatable bonds is 8. The van der Waals surface area contributed by atoms with Gasteiger partial charge in [-0.1, -0.05) is 52.8 Å². The maximum Gasteiger partial charge on any atom is 0.272 e. The van der Waals surface area contributed by atoms with Crippen LogP contribution in [0.4, 0.5) is 5.69 Å². The third-order valence-corrected chi connectivity index (χ3v) is 4.28. The van der Waals surface area contributed by atoms with Crippen LogP contribution in [-0.4, -0.2) is 40.2 Å². The van der Waals surface area contributed by atoms with Gasteiger partial charge in [0, 0.05) is 5.69 Å². The molecule has 2 unspecified atom stereocenters. The van der Waals surface area contributed by atoms with E-state index in [-0.39, 0.29) is 12.3 Å². The fraction of sp³-hybridized carbons (Fsp3) is 0.550. The third kappa shape index (κ3) is 6.94. The van der Waals surface area contributed by atoms with Crippen LogP contribution in [0.2, 0.25) is 0 Å². The van der Waals surface area contributed by atoms with Gasteiger partial charge in [0.2, 0.25) is 11.8 Å². The Morgan fingerprint density at radius 2 is 1.57 bits per heavy atom. The normalized spacial score (nSPS) is 14.7. The second-order valence-corrected chi connectivity index (χ2v) is 8.32. The molecule has 8 nitrogen and oxygen atoms in total. The molecule has 0 saturated heterocycles. The van der Waals surface area contributed by atoms with Crippen LogP contribution in [0, 0.1) is 17.3 Å². The molecule has 8 heteroatoms. The standard InChI is InChI=1S/C20H31N3O5/c1-12(2)11-14(15(24)18(26)23-28)17(25)22-16(20(3,4)5)19(27)21-13-9-7-6-8-10-13/h6-10,12,14-16,24,28H,11H2,1-5H3,(H,21,27)(H,22,25)(H,23,26)/t14?,15-,16?/m0/s1. The molecule has 0 fully saturated rings. The average Bonchev–Trinajstić information content (AvgIpc) is 2.62. The van der Waals surface area contributed by atoms with Gasteiger partial charge in [0.05, 0.1) is 5.92 Å². The lowest BCUT2D eigenvalue weighted by Gasteiger charge is -2.32. The van der Waals surface area contributed by atoms with Crippen molar-refractivity contribution in [1.82, 2.24) is 10.8 Å². The van der Waals surface area contributed by atoms with Crippen LogP contribution >= 0.6 is 0 Å². The second kappa shape index (κ2) is 10.2. The van der Waals surface area contributed by atoms with E-state index in [1.807, 2.05) is 19.9 Å². The summed E-state index contributed by atoms with van der Waals surface area (Å²) < 4.78 is 0. The number of hydrogen-bond donors (Lipinski definition) is 5. The summed E-state index contributed by atoms with van der Waals surface area (Å²) >= 11 is 0. The number of hydrogen-bond acceptors (Lipinski definition) is 5. The predicted molar refractivity (Wildman–Crippen MR) is 105 cm³/mol. The van der Waals surface area contributed by atoms with Gasteiger partial charge in [0.1, 0.15) is 12.1 Å². The molecule has 1 rings (SSSR count). The number of carbonyl (C=O) groups excluding carboxylic acids is 3. The van der Waals surface area contributed by atoms with Crippen molar-refractivity contribution in [2.45, 2.75) is 53.2 Å². The lowest BCUT2D eigenvalue weighted by Crippen LogP contribution is -2.55. The van der Waals surface area contributed by atoms with Gasteiger partial charge in [-0.2, -0.15) is 0 Å². The average molecular weight is 393 g/mol. The van der Waals surface area contributed by atoms with Gasteiger partial charge in [0.15, 0.2) is 0 Å². The van der Waals surface area contributed by atoms with Gasteiger partial charge in [-0.15, -0.1) is 0 Å². The number of amides is 3. The van der Waals surface area contributed by atoms with E-state index in [1.54, 1.807) is 45.0 Å². The van der Waals surface area contributed by atoms with Crippen molar-refractivity contribution < 1.29 is 24.7 Å². The van der Waals surface area contributed by atoms with Gasteiger partial charge < -0.3 is 15.7 Å². The van der Waals surface area contributed by atoms with Crippen LogP contribution < -0.4 is 16.1 Å². The molecule has 5 N–H and O–H groups in total. The molecule has 0 aliphatic rings. The molecule has 3 atom stereocenters. The fourth-order valence-corrected chi connectivity index (χ4v) is 2.80. The number of para-hydroxylation sites is 1. The van der Waals surface area contributed by atoms with Crippen molar-refractivity contribution in [3.63, 3.8) is 0 Å². The molecular weight excluding hydrogens is 362 g/mol. The van der Waals surface area contributed by atoms with Crippen molar-refractivity contribution >= 4 is 23.4 Å². The third-order valence-electron chi connectivity index (χ3n) is 4.28. The highest BCUT2D eigenvalue weighted by Crippen LogP contribution is 2.23. The van der Waals surface area contributed by atoms with E-state index in [4.69, 9.17) is 5.21 Å². The highest BCUT2D eigenvalue weighted by molar-refractivity contribution is 5.98. The zero-order valence-electron chi connectivity index (χ0n) is 17.0. The van der Waals surface area contributed by atoms with Gasteiger partial charge in [-0.25, -0.2) is 5.48 Å². The Hall–Kier alpha value is -2.45. The maximum atomic E-state index is 12.8. The molecule has 1 aromatic rings. The first-order valence-electron chi connectivity index (χ1n) is 9.25. The van der Waals surface area contributed by atoms with E-state index < -0.39 is 41.2 Å². The number of benzene rings is 1. The monoisotopic (exact) mass is 393 g/mol. The minimum Gasteiger partial charge on any atom is -0.382 e. The van der Waals surface area contributed by atoms with E-state index in [1.165, 1.54) is 5.48 Å². The summed E-state index contributed by atoms with van der Waals surface area (Å²) in [5, 5.41) is 24.4. The Labute approximate surface area is 165 Å². The summed E-state index contributed by atoms with van der Waals surface area (Å²) in [4.78, 5) is 37.3. The molecule has 0 bridgehead atoms. The van der Waals surface area contributed by atoms with Crippen LogP contribution in [0.15, 0.2) is 30.3 Å². The molecule has 0 saturated carbocycles. The van der Waals surface area contributed by atoms with Crippen LogP contribution in [0.25, 0.3) is 0 Å². The molecule has 0 spiro atoms. The molecule has 0 radical (unpaired) electrons. The van der Waals surface area contributed by atoms with Gasteiger partial charge in [0.25, 0.3) is 5.91 Å². The summed E-state index contributed by atoms with van der Waals surface area (Å²) in [5.74, 6) is -3.21. The van der Waals surface area contributed by atoms with Crippen molar-refractivity contribution in [3.05, 3.63) is 30.3 Å². The Bertz CT molecular complexity index is 670. The minimum atomic E-state index is -1.73. The van der Waals surface area contributed by atoms with Gasteiger partial charge in [-0.05, 0) is 29.9 Å². The zero-order chi connectivity index (χ0) is 21.5. The van der Waals surface area contributed by atoms with Crippen LogP contribution in [0.5, 0.6) is 0 Å². The van der Waals surface area contributed by atoms with E-state index >= 15 is 0 Å². The molecule has 1 aromatic carbocycles. The van der Waals surface area contributed by atoms with Crippen LogP contribution in [0.1, 0.15) is 41.0 Å². The van der Waals surface area contributed by atoms with Crippen molar-refractivity contribution in [2.24, 2.45) is 17.3 Å². The van der Waals surface area contributed by atoms with Crippen LogP contribution in [-0.2, 0) is 14.4 Å². The van der Waals surface area contributed by atoms with E-state index in [0.717, 1.165) is 0 Å². The zero-order valence-corrected chi connectivity index (χ0v) is 17.0. The summed E-state index contributed by atoms with van der Waals surface area (Å²) in [5.41, 5.74) is 1.33. The molecule has 3 amide bonds. The molecule has 156 valence electrons. The molecule has 28 heavy (non-hydrogen) atoms. The minimum absolute atomic E-state index is 0.00289. The van der Waals surface area contributed by atoms with E-state index in [2.05, 4.69) is 10.6 Å². The SMILES string of the molecule is CC(C)CC(C(=O)NC(C(=O)Nc1ccccc1)C(C)(C)C)[C@H](O)C(=O)NO. The van der Waals surface area contributed by atoms with Gasteiger partial charge in [-0.3, -0.25) is 19.6 Å². The van der Waals surface area contributed by atoms with E-state index in [9.17, 15) is 19.5 Å². The van der Waals surface area contributed by atoms with Gasteiger partial charge >= 0.3 is 0 Å². The topological polar surface area (TPSA) is 128 Å². The van der Waals surface area contributed by atoms with E-state index in [0.29, 0.717) is 5.69 Å². The first-order valence-corrected chi connectivity index (χ1v) is 9.25. The molecule has 0 aliphatic heterocycles. The molecule has 0 aliphatic carbocycles. The number of nitrogens with one attached hydrogen (secondary N) is 3. The molecule has 0 aromatic heterocycles. The Balaban J connectivity index is 3.03. The van der Waals surface area contributed by atoms with Crippen molar-refractivity contribution in [2.75, 3.05) is 5.32 Å². The number of carbonyl (C=O) groups is 3. The van der Waals surface area contributed by atoms with Crippen LogP contribution in [0.3, 0.4) is 0 Å². The number of anilines is 1. The summed E-state index contributed by atoms with van der Waals surface area (Å²) in [6.07, 6.45) is -1.53. The first kappa shape index (κ1) is 23.6. The highest BCUT2D eigenvalue weighted by atomic mass is 16.5. The highest BCUT2D eigenvalue weighted by Gasteiger charge is 2.38. The summed E-state index contributed by atoms with van der Waals surface area (Å²) in [7, 11) is 0.